The van der Waals surface area contributed by atoms with E-state index < -0.39 is 18.5 Å². The number of aromatic nitrogens is 1. The molecule has 1 atom stereocenters. The standard InChI is InChI=1S/C27H28F3N3O3/c28-22-10-5-12-31-24(22)18-33-14-15-35-25-11-13-32-23(16-20(25)17-26(33)34)19-6-2-1-3-8-21(9-4-7-19)36-27(29)30/h3-6,8-10,12-13,16,21,27H,1-2,7,11,14-15,17-18H2/b8-3+,9-4?,19-6+. The van der Waals surface area contributed by atoms with Crippen LogP contribution in [0.15, 0.2) is 82.4 Å². The summed E-state index contributed by atoms with van der Waals surface area (Å²) in [7, 11) is 0. The molecule has 0 radical (unpaired) electrons. The van der Waals surface area contributed by atoms with E-state index in [1.807, 2.05) is 12.2 Å². The minimum atomic E-state index is -2.85. The van der Waals surface area contributed by atoms with Crippen molar-refractivity contribution in [2.75, 3.05) is 13.2 Å². The highest BCUT2D eigenvalue weighted by atomic mass is 19.3. The molecule has 1 amide bonds. The van der Waals surface area contributed by atoms with Gasteiger partial charge in [0.05, 0.1) is 37.0 Å². The lowest BCUT2D eigenvalue weighted by molar-refractivity contribution is -0.138. The average molecular weight is 500 g/mol. The predicted molar refractivity (Wildman–Crippen MR) is 129 cm³/mol. The molecule has 9 heteroatoms. The maximum absolute atomic E-state index is 14.1. The van der Waals surface area contributed by atoms with Crippen LogP contribution in [-0.4, -0.2) is 47.9 Å². The molecule has 0 aromatic carbocycles. The van der Waals surface area contributed by atoms with Crippen molar-refractivity contribution in [1.82, 2.24) is 9.88 Å². The van der Waals surface area contributed by atoms with Gasteiger partial charge in [0.1, 0.15) is 18.2 Å². The zero-order chi connectivity index (χ0) is 25.3. The highest BCUT2D eigenvalue weighted by Gasteiger charge is 2.24. The minimum absolute atomic E-state index is 0.0653. The van der Waals surface area contributed by atoms with Gasteiger partial charge >= 0.3 is 6.61 Å². The molecule has 0 N–H and O–H groups in total. The quantitative estimate of drug-likeness (QED) is 0.508. The fourth-order valence-corrected chi connectivity index (χ4v) is 4.16. The van der Waals surface area contributed by atoms with Crippen LogP contribution in [0, 0.1) is 5.82 Å². The summed E-state index contributed by atoms with van der Waals surface area (Å²) in [4.78, 5) is 23.4. The molecule has 3 aliphatic rings. The van der Waals surface area contributed by atoms with Gasteiger partial charge in [-0.2, -0.15) is 8.78 Å². The van der Waals surface area contributed by atoms with Gasteiger partial charge in [-0.1, -0.05) is 30.4 Å². The number of alkyl halides is 2. The minimum Gasteiger partial charge on any atom is -0.495 e. The average Bonchev–Trinajstić information content (AvgIpc) is 3.04. The molecule has 0 saturated heterocycles. The first kappa shape index (κ1) is 25.6. The maximum Gasteiger partial charge on any atom is 0.346 e. The fourth-order valence-electron chi connectivity index (χ4n) is 4.16. The molecular weight excluding hydrogens is 471 g/mol. The van der Waals surface area contributed by atoms with E-state index >= 15 is 0 Å². The number of rotatable bonds is 5. The van der Waals surface area contributed by atoms with Crippen LogP contribution in [-0.2, 0) is 20.8 Å². The van der Waals surface area contributed by atoms with Crippen LogP contribution in [0.4, 0.5) is 13.2 Å². The Morgan fingerprint density at radius 3 is 2.89 bits per heavy atom. The Morgan fingerprint density at radius 1 is 1.19 bits per heavy atom. The normalized spacial score (nSPS) is 23.6. The monoisotopic (exact) mass is 499 g/mol. The summed E-state index contributed by atoms with van der Waals surface area (Å²) in [6.45, 7) is -2.19. The number of halogens is 3. The molecule has 0 fully saturated rings. The molecular formula is C27H28F3N3O3. The van der Waals surface area contributed by atoms with E-state index in [1.165, 1.54) is 18.3 Å². The van der Waals surface area contributed by atoms with Crippen molar-refractivity contribution in [3.8, 4) is 0 Å². The van der Waals surface area contributed by atoms with Crippen molar-refractivity contribution >= 4 is 12.1 Å². The third-order valence-electron chi connectivity index (χ3n) is 5.99. The van der Waals surface area contributed by atoms with Crippen molar-refractivity contribution in [1.29, 1.82) is 0 Å². The molecule has 0 saturated carbocycles. The van der Waals surface area contributed by atoms with Crippen LogP contribution in [0.2, 0.25) is 0 Å². The summed E-state index contributed by atoms with van der Waals surface area (Å²) < 4.78 is 50.1. The van der Waals surface area contributed by atoms with Crippen molar-refractivity contribution in [2.24, 2.45) is 4.99 Å². The van der Waals surface area contributed by atoms with Crippen LogP contribution in [0.5, 0.6) is 0 Å². The lowest BCUT2D eigenvalue weighted by Gasteiger charge is -2.26. The van der Waals surface area contributed by atoms with E-state index in [0.29, 0.717) is 43.7 Å². The molecule has 36 heavy (non-hydrogen) atoms. The Balaban J connectivity index is 1.53. The molecule has 190 valence electrons. The van der Waals surface area contributed by atoms with E-state index in [2.05, 4.69) is 20.8 Å². The van der Waals surface area contributed by atoms with E-state index in [9.17, 15) is 18.0 Å². The smallest absolute Gasteiger partial charge is 0.346 e. The third-order valence-corrected chi connectivity index (χ3v) is 5.99. The summed E-state index contributed by atoms with van der Waals surface area (Å²) in [5.41, 5.74) is 2.55. The number of ether oxygens (including phenoxy) is 2. The molecule has 0 spiro atoms. The van der Waals surface area contributed by atoms with Gasteiger partial charge < -0.3 is 14.4 Å². The lowest BCUT2D eigenvalue weighted by Crippen LogP contribution is -2.35. The summed E-state index contributed by atoms with van der Waals surface area (Å²) in [5.74, 6) is 0.0886. The summed E-state index contributed by atoms with van der Waals surface area (Å²) >= 11 is 0. The fraction of sp³-hybridized carbons (Fsp3) is 0.370. The topological polar surface area (TPSA) is 64.0 Å². The highest BCUT2D eigenvalue weighted by molar-refractivity contribution is 5.80. The number of amides is 1. The number of allylic oxidation sites excluding steroid dienone is 6. The van der Waals surface area contributed by atoms with Gasteiger partial charge in [-0.05, 0) is 43.0 Å². The first-order valence-corrected chi connectivity index (χ1v) is 11.9. The molecule has 3 heterocycles. The summed E-state index contributed by atoms with van der Waals surface area (Å²) in [5, 5.41) is 0. The lowest BCUT2D eigenvalue weighted by atomic mass is 10.0. The third kappa shape index (κ3) is 7.04. The number of carbonyl (C=O) groups excluding carboxylic acids is 1. The number of carbonyl (C=O) groups is 1. The van der Waals surface area contributed by atoms with Crippen molar-refractivity contribution in [3.63, 3.8) is 0 Å². The summed E-state index contributed by atoms with van der Waals surface area (Å²) in [6, 6.07) is 2.84. The number of nitrogens with zero attached hydrogens (tertiary/aromatic N) is 3. The summed E-state index contributed by atoms with van der Waals surface area (Å²) in [6.07, 6.45) is 15.6. The maximum atomic E-state index is 14.1. The number of aliphatic imine (C=N–C) groups is 1. The first-order chi connectivity index (χ1) is 17.5. The van der Waals surface area contributed by atoms with Crippen LogP contribution in [0.1, 0.15) is 37.8 Å². The molecule has 6 nitrogen and oxygen atoms in total. The van der Waals surface area contributed by atoms with E-state index in [4.69, 9.17) is 4.74 Å². The van der Waals surface area contributed by atoms with Gasteiger partial charge in [0.2, 0.25) is 5.91 Å². The SMILES string of the molecule is O=C1CC2=C(CC=NC(/C3=C/CC/C=C/C(OC(F)F)C=CC3)=C2)OCCN1Cc1ncccc1F. The Hall–Kier alpha value is -3.46. The van der Waals surface area contributed by atoms with Gasteiger partial charge in [0, 0.05) is 24.4 Å². The first-order valence-electron chi connectivity index (χ1n) is 11.9. The predicted octanol–water partition coefficient (Wildman–Crippen LogP) is 5.41. The second-order valence-corrected chi connectivity index (χ2v) is 8.49. The van der Waals surface area contributed by atoms with E-state index in [1.54, 1.807) is 29.3 Å². The number of hydrogen-bond acceptors (Lipinski definition) is 5. The number of pyridine rings is 1. The molecule has 4 rings (SSSR count). The van der Waals surface area contributed by atoms with Gasteiger partial charge in [0.15, 0.2) is 0 Å². The van der Waals surface area contributed by atoms with Crippen molar-refractivity contribution in [2.45, 2.75) is 51.4 Å². The second-order valence-electron chi connectivity index (χ2n) is 8.49. The molecule has 1 aromatic heterocycles. The Kier molecular flexibility index (Phi) is 8.89. The van der Waals surface area contributed by atoms with E-state index in [-0.39, 0.29) is 31.2 Å². The Morgan fingerprint density at radius 2 is 2.06 bits per heavy atom. The largest absolute Gasteiger partial charge is 0.495 e. The van der Waals surface area contributed by atoms with Crippen LogP contribution in [0.25, 0.3) is 0 Å². The van der Waals surface area contributed by atoms with Crippen LogP contribution in [0.3, 0.4) is 0 Å². The second kappa shape index (κ2) is 12.5. The molecule has 1 aromatic rings. The zero-order valence-corrected chi connectivity index (χ0v) is 19.8. The zero-order valence-electron chi connectivity index (χ0n) is 19.8. The van der Waals surface area contributed by atoms with Crippen LogP contribution < -0.4 is 0 Å². The van der Waals surface area contributed by atoms with Gasteiger partial charge in [-0.3, -0.25) is 14.8 Å². The molecule has 1 aliphatic carbocycles. The van der Waals surface area contributed by atoms with Gasteiger partial charge in [0.25, 0.3) is 0 Å². The number of hydrogen-bond donors (Lipinski definition) is 0. The Bertz CT molecular complexity index is 1140. The van der Waals surface area contributed by atoms with Gasteiger partial charge in [-0.25, -0.2) is 4.39 Å². The van der Waals surface area contributed by atoms with E-state index in [0.717, 1.165) is 11.1 Å². The highest BCUT2D eigenvalue weighted by Crippen LogP contribution is 2.28. The molecule has 1 unspecified atom stereocenters. The van der Waals surface area contributed by atoms with Gasteiger partial charge in [-0.15, -0.1) is 0 Å². The Labute approximate surface area is 208 Å². The van der Waals surface area contributed by atoms with Crippen molar-refractivity contribution < 1.29 is 27.4 Å². The van der Waals surface area contributed by atoms with Crippen LogP contribution >= 0.6 is 0 Å². The molecule has 0 bridgehead atoms. The molecule has 2 aliphatic heterocycles. The van der Waals surface area contributed by atoms with Crippen molar-refractivity contribution in [3.05, 3.63) is 88.9 Å².